The highest BCUT2D eigenvalue weighted by Crippen LogP contribution is 2.22. The highest BCUT2D eigenvalue weighted by atomic mass is 32.2. The third-order valence-electron chi connectivity index (χ3n) is 3.66. The lowest BCUT2D eigenvalue weighted by Gasteiger charge is -2.19. The molecule has 0 aliphatic heterocycles. The number of ether oxygens (including phenoxy) is 1. The molecule has 0 saturated heterocycles. The van der Waals surface area contributed by atoms with Crippen LogP contribution in [0.15, 0.2) is 33.6 Å². The Kier molecular flexibility index (Phi) is 9.75. The molecule has 1 aromatic rings. The Morgan fingerprint density at radius 1 is 1.23 bits per heavy atom. The SMILES string of the molecule is CCC(=NN=C(C)C(C)=NOCSC)OCc1c(C)cccc1N(C)N. The number of benzene rings is 1. The van der Waals surface area contributed by atoms with E-state index in [1.807, 2.05) is 59.2 Å². The number of oxime groups is 1. The van der Waals surface area contributed by atoms with Crippen molar-refractivity contribution in [1.82, 2.24) is 0 Å². The van der Waals surface area contributed by atoms with Crippen molar-refractivity contribution in [3.8, 4) is 0 Å². The van der Waals surface area contributed by atoms with Gasteiger partial charge in [-0.15, -0.1) is 16.9 Å². The van der Waals surface area contributed by atoms with Crippen molar-refractivity contribution < 1.29 is 9.57 Å². The quantitative estimate of drug-likeness (QED) is 0.176. The zero-order valence-electron chi connectivity index (χ0n) is 16.4. The van der Waals surface area contributed by atoms with Gasteiger partial charge >= 0.3 is 0 Å². The average Bonchev–Trinajstić information content (AvgIpc) is 2.62. The second-order valence-corrected chi connectivity index (χ2v) is 6.53. The van der Waals surface area contributed by atoms with Crippen LogP contribution in [0, 0.1) is 6.92 Å². The van der Waals surface area contributed by atoms with E-state index in [2.05, 4.69) is 15.4 Å². The molecule has 1 rings (SSSR count). The summed E-state index contributed by atoms with van der Waals surface area (Å²) >= 11 is 1.56. The first-order valence-electron chi connectivity index (χ1n) is 8.37. The van der Waals surface area contributed by atoms with Gasteiger partial charge in [-0.2, -0.15) is 5.10 Å². The lowest BCUT2D eigenvalue weighted by atomic mass is 10.1. The first-order valence-corrected chi connectivity index (χ1v) is 9.76. The maximum absolute atomic E-state index is 5.90. The first kappa shape index (κ1) is 22.0. The largest absolute Gasteiger partial charge is 0.475 e. The molecular weight excluding hydrogens is 350 g/mol. The Morgan fingerprint density at radius 3 is 2.58 bits per heavy atom. The Morgan fingerprint density at radius 2 is 1.96 bits per heavy atom. The van der Waals surface area contributed by atoms with Crippen LogP contribution in [0.1, 0.15) is 38.3 Å². The van der Waals surface area contributed by atoms with Crippen molar-refractivity contribution in [2.75, 3.05) is 24.3 Å². The number of hydrazine groups is 1. The summed E-state index contributed by atoms with van der Waals surface area (Å²) in [5.41, 5.74) is 4.43. The fourth-order valence-electron chi connectivity index (χ4n) is 2.01. The molecule has 0 saturated carbocycles. The van der Waals surface area contributed by atoms with Gasteiger partial charge in [-0.05, 0) is 38.7 Å². The minimum atomic E-state index is 0.384. The summed E-state index contributed by atoms with van der Waals surface area (Å²) in [6, 6.07) is 5.97. The van der Waals surface area contributed by atoms with E-state index in [4.69, 9.17) is 15.4 Å². The van der Waals surface area contributed by atoms with E-state index in [0.717, 1.165) is 16.8 Å². The Bertz CT molecular complexity index is 672. The molecule has 0 amide bonds. The van der Waals surface area contributed by atoms with Gasteiger partial charge in [0, 0.05) is 19.0 Å². The number of thioether (sulfide) groups is 1. The maximum atomic E-state index is 5.90. The Labute approximate surface area is 160 Å². The standard InChI is InChI=1S/C18H29N5O2S/c1-7-18(21-20-14(3)15(4)22-25-12-26-6)24-11-16-13(2)9-8-10-17(16)23(5)19/h8-10H,7,11-12,19H2,1-6H3. The molecule has 0 fully saturated rings. The molecule has 26 heavy (non-hydrogen) atoms. The van der Waals surface area contributed by atoms with E-state index < -0.39 is 0 Å². The van der Waals surface area contributed by atoms with Crippen LogP contribution in [0.3, 0.4) is 0 Å². The van der Waals surface area contributed by atoms with E-state index in [0.29, 0.717) is 36.3 Å². The summed E-state index contributed by atoms with van der Waals surface area (Å²) < 4.78 is 5.86. The zero-order valence-corrected chi connectivity index (χ0v) is 17.3. The van der Waals surface area contributed by atoms with Gasteiger partial charge in [-0.3, -0.25) is 0 Å². The molecule has 2 N–H and O–H groups in total. The lowest BCUT2D eigenvalue weighted by Crippen LogP contribution is -2.26. The summed E-state index contributed by atoms with van der Waals surface area (Å²) in [6.45, 7) is 8.05. The van der Waals surface area contributed by atoms with Gasteiger partial charge in [-0.25, -0.2) is 5.84 Å². The van der Waals surface area contributed by atoms with E-state index >= 15 is 0 Å². The smallest absolute Gasteiger partial charge is 0.208 e. The molecule has 7 nitrogen and oxygen atoms in total. The van der Waals surface area contributed by atoms with Gasteiger partial charge in [0.2, 0.25) is 5.90 Å². The van der Waals surface area contributed by atoms with Crippen molar-refractivity contribution in [1.29, 1.82) is 0 Å². The molecule has 0 aromatic heterocycles. The third-order valence-corrected chi connectivity index (χ3v) is 4.00. The van der Waals surface area contributed by atoms with Crippen LogP contribution in [0.25, 0.3) is 0 Å². The molecule has 0 unspecified atom stereocenters. The summed E-state index contributed by atoms with van der Waals surface area (Å²) in [5.74, 6) is 6.96. The first-order chi connectivity index (χ1) is 12.4. The monoisotopic (exact) mass is 379 g/mol. The van der Waals surface area contributed by atoms with E-state index in [9.17, 15) is 0 Å². The predicted octanol–water partition coefficient (Wildman–Crippen LogP) is 3.72. The van der Waals surface area contributed by atoms with Gasteiger partial charge in [0.15, 0.2) is 5.94 Å². The number of anilines is 1. The summed E-state index contributed by atoms with van der Waals surface area (Å²) in [5, 5.41) is 14.0. The zero-order chi connectivity index (χ0) is 19.5. The fourth-order valence-corrected chi connectivity index (χ4v) is 2.17. The van der Waals surface area contributed by atoms with Gasteiger partial charge < -0.3 is 14.6 Å². The highest BCUT2D eigenvalue weighted by molar-refractivity contribution is 7.98. The fraction of sp³-hybridized carbons (Fsp3) is 0.500. The van der Waals surface area contributed by atoms with Crippen molar-refractivity contribution >= 4 is 34.8 Å². The molecule has 0 heterocycles. The van der Waals surface area contributed by atoms with Crippen molar-refractivity contribution in [2.45, 2.75) is 40.7 Å². The molecule has 0 spiro atoms. The van der Waals surface area contributed by atoms with Gasteiger partial charge in [0.25, 0.3) is 0 Å². The Hall–Kier alpha value is -2.06. The number of nitrogens with zero attached hydrogens (tertiary/aromatic N) is 4. The summed E-state index contributed by atoms with van der Waals surface area (Å²) in [7, 11) is 1.81. The Balaban J connectivity index is 2.83. The maximum Gasteiger partial charge on any atom is 0.208 e. The van der Waals surface area contributed by atoms with Crippen LogP contribution in [0.5, 0.6) is 0 Å². The van der Waals surface area contributed by atoms with Gasteiger partial charge in [-0.1, -0.05) is 24.2 Å². The number of aryl methyl sites for hydroxylation is 1. The minimum absolute atomic E-state index is 0.384. The van der Waals surface area contributed by atoms with Crippen LogP contribution in [0.4, 0.5) is 5.69 Å². The number of nitrogens with two attached hydrogens (primary N) is 1. The second kappa shape index (κ2) is 11.5. The number of hydrogen-bond donors (Lipinski definition) is 1. The second-order valence-electron chi connectivity index (χ2n) is 5.72. The number of rotatable bonds is 9. The predicted molar refractivity (Wildman–Crippen MR) is 112 cm³/mol. The van der Waals surface area contributed by atoms with Crippen LogP contribution >= 0.6 is 11.8 Å². The molecule has 1 aromatic carbocycles. The topological polar surface area (TPSA) is 84.8 Å². The lowest BCUT2D eigenvalue weighted by molar-refractivity contribution is 0.197. The minimum Gasteiger partial charge on any atom is -0.475 e. The van der Waals surface area contributed by atoms with E-state index in [1.54, 1.807) is 16.8 Å². The average molecular weight is 380 g/mol. The van der Waals surface area contributed by atoms with Gasteiger partial charge in [0.1, 0.15) is 6.61 Å². The highest BCUT2D eigenvalue weighted by Gasteiger charge is 2.09. The van der Waals surface area contributed by atoms with Crippen LogP contribution in [0.2, 0.25) is 0 Å². The normalized spacial score (nSPS) is 13.0. The third kappa shape index (κ3) is 7.05. The molecule has 0 atom stereocenters. The van der Waals surface area contributed by atoms with Crippen molar-refractivity contribution in [2.24, 2.45) is 21.2 Å². The van der Waals surface area contributed by atoms with Gasteiger partial charge in [0.05, 0.1) is 17.1 Å². The summed E-state index contributed by atoms with van der Waals surface area (Å²) in [4.78, 5) is 5.13. The molecule has 0 aliphatic carbocycles. The van der Waals surface area contributed by atoms with Crippen molar-refractivity contribution in [3.63, 3.8) is 0 Å². The van der Waals surface area contributed by atoms with Crippen LogP contribution in [-0.4, -0.2) is 36.6 Å². The van der Waals surface area contributed by atoms with E-state index in [1.165, 1.54) is 0 Å². The number of hydrogen-bond acceptors (Lipinski definition) is 8. The molecule has 144 valence electrons. The molecule has 0 aliphatic rings. The molecule has 0 radical (unpaired) electrons. The molecule has 0 bridgehead atoms. The van der Waals surface area contributed by atoms with Crippen LogP contribution in [-0.2, 0) is 16.2 Å². The molecule has 8 heteroatoms. The molecular formula is C18H29N5O2S. The van der Waals surface area contributed by atoms with E-state index in [-0.39, 0.29) is 0 Å². The van der Waals surface area contributed by atoms with Crippen molar-refractivity contribution in [3.05, 3.63) is 29.3 Å². The van der Waals surface area contributed by atoms with Crippen LogP contribution < -0.4 is 10.9 Å². The summed E-state index contributed by atoms with van der Waals surface area (Å²) in [6.07, 6.45) is 2.58.